The van der Waals surface area contributed by atoms with Crippen molar-refractivity contribution in [1.29, 1.82) is 0 Å². The second-order valence-corrected chi connectivity index (χ2v) is 10.6. The van der Waals surface area contributed by atoms with Crippen molar-refractivity contribution in [2.45, 2.75) is 28.7 Å². The van der Waals surface area contributed by atoms with Crippen molar-refractivity contribution in [1.82, 2.24) is 9.80 Å². The zero-order chi connectivity index (χ0) is 31.1. The molecule has 42 heavy (non-hydrogen) atoms. The van der Waals surface area contributed by atoms with Crippen LogP contribution in [-0.4, -0.2) is 98.5 Å². The first kappa shape index (κ1) is 34.5. The first-order chi connectivity index (χ1) is 20.0. The van der Waals surface area contributed by atoms with Gasteiger partial charge in [-0.25, -0.2) is 19.2 Å². The summed E-state index contributed by atoms with van der Waals surface area (Å²) >= 11 is 8.23. The molecule has 226 valence electrons. The van der Waals surface area contributed by atoms with Gasteiger partial charge in [0, 0.05) is 84.5 Å². The molecule has 13 heteroatoms. The monoisotopic (exact) mass is 620 g/mol. The highest BCUT2D eigenvalue weighted by Crippen LogP contribution is 2.43. The van der Waals surface area contributed by atoms with Crippen molar-refractivity contribution in [3.8, 4) is 0 Å². The molecule has 5 N–H and O–H groups in total. The van der Waals surface area contributed by atoms with E-state index in [-0.39, 0.29) is 6.61 Å². The van der Waals surface area contributed by atoms with Gasteiger partial charge in [-0.15, -0.1) is 0 Å². The van der Waals surface area contributed by atoms with Crippen molar-refractivity contribution in [2.75, 3.05) is 39.3 Å². The Morgan fingerprint density at radius 1 is 0.810 bits per heavy atom. The fourth-order valence-electron chi connectivity index (χ4n) is 4.29. The Hall–Kier alpha value is -3.68. The Balaban J connectivity index is 0.000000319. The average molecular weight is 621 g/mol. The van der Waals surface area contributed by atoms with Crippen LogP contribution in [0.1, 0.15) is 23.6 Å². The minimum atomic E-state index is -1.26. The van der Waals surface area contributed by atoms with E-state index in [0.29, 0.717) is 30.3 Å². The van der Waals surface area contributed by atoms with Crippen molar-refractivity contribution in [3.05, 3.63) is 82.9 Å². The molecule has 4 rings (SSSR count). The molecule has 0 aromatic heterocycles. The van der Waals surface area contributed by atoms with Crippen LogP contribution >= 0.6 is 23.4 Å². The van der Waals surface area contributed by atoms with Crippen LogP contribution in [0.5, 0.6) is 0 Å². The van der Waals surface area contributed by atoms with Crippen LogP contribution in [0, 0.1) is 0 Å². The number of halogens is 1. The molecular formula is C29H33ClN2O9S. The Labute approximate surface area is 252 Å². The van der Waals surface area contributed by atoms with E-state index in [1.807, 2.05) is 17.8 Å². The van der Waals surface area contributed by atoms with E-state index in [2.05, 4.69) is 46.2 Å². The fourth-order valence-corrected chi connectivity index (χ4v) is 5.58. The summed E-state index contributed by atoms with van der Waals surface area (Å²) in [4.78, 5) is 46.0. The molecule has 2 aliphatic rings. The number of hydrogen-bond donors (Lipinski definition) is 5. The number of aliphatic carboxylic acids is 4. The third-order valence-electron chi connectivity index (χ3n) is 6.15. The van der Waals surface area contributed by atoms with Gasteiger partial charge in [-0.3, -0.25) is 4.90 Å². The standard InChI is InChI=1S/C21H25ClN2OS.2C4H4O4/c22-17-6-7-21-18(15-17)19(14-16-4-1-2-5-20(16)26-21)24-11-9-23(10-12-24)8-3-13-25;2*5-3(6)1-2-4(7)8/h1-2,4-7,15,19,25H,3,8-14H2;2*1-2H,(H,5,6)(H,7,8)/b;2*2-1+. The summed E-state index contributed by atoms with van der Waals surface area (Å²) in [7, 11) is 0. The fraction of sp³-hybridized carbons (Fsp3) is 0.310. The van der Waals surface area contributed by atoms with Crippen LogP contribution in [0.4, 0.5) is 0 Å². The van der Waals surface area contributed by atoms with Gasteiger partial charge in [-0.05, 0) is 48.2 Å². The normalized spacial score (nSPS) is 16.7. The number of carboxylic acids is 4. The summed E-state index contributed by atoms with van der Waals surface area (Å²) in [5.41, 5.74) is 2.79. The third kappa shape index (κ3) is 12.5. The van der Waals surface area contributed by atoms with E-state index in [4.69, 9.17) is 37.1 Å². The lowest BCUT2D eigenvalue weighted by Crippen LogP contribution is -2.48. The Kier molecular flexibility index (Phi) is 14.8. The maximum atomic E-state index is 9.55. The van der Waals surface area contributed by atoms with Crippen molar-refractivity contribution < 1.29 is 44.7 Å². The predicted octanol–water partition coefficient (Wildman–Crippen LogP) is 3.51. The minimum Gasteiger partial charge on any atom is -0.478 e. The second-order valence-electron chi connectivity index (χ2n) is 9.09. The number of rotatable bonds is 8. The van der Waals surface area contributed by atoms with Gasteiger partial charge in [0.15, 0.2) is 0 Å². The van der Waals surface area contributed by atoms with Gasteiger partial charge in [0.1, 0.15) is 0 Å². The highest BCUT2D eigenvalue weighted by Gasteiger charge is 2.30. The topological polar surface area (TPSA) is 176 Å². The van der Waals surface area contributed by atoms with E-state index >= 15 is 0 Å². The van der Waals surface area contributed by atoms with Crippen LogP contribution in [0.2, 0.25) is 5.02 Å². The van der Waals surface area contributed by atoms with Gasteiger partial charge in [0.05, 0.1) is 0 Å². The lowest BCUT2D eigenvalue weighted by Gasteiger charge is -2.39. The maximum Gasteiger partial charge on any atom is 0.328 e. The molecule has 11 nitrogen and oxygen atoms in total. The third-order valence-corrected chi connectivity index (χ3v) is 7.60. The number of benzene rings is 2. The number of nitrogens with zero attached hydrogens (tertiary/aromatic N) is 2. The van der Waals surface area contributed by atoms with Gasteiger partial charge < -0.3 is 30.4 Å². The molecule has 1 saturated heterocycles. The molecule has 0 bridgehead atoms. The molecule has 1 fully saturated rings. The number of hydrogen-bond acceptors (Lipinski definition) is 8. The predicted molar refractivity (Wildman–Crippen MR) is 157 cm³/mol. The summed E-state index contributed by atoms with van der Waals surface area (Å²) in [5, 5.41) is 41.1. The Morgan fingerprint density at radius 3 is 1.88 bits per heavy atom. The molecule has 0 saturated carbocycles. The summed E-state index contributed by atoms with van der Waals surface area (Å²) in [6.07, 6.45) is 4.13. The van der Waals surface area contributed by atoms with E-state index in [9.17, 15) is 19.2 Å². The molecule has 1 atom stereocenters. The average Bonchev–Trinajstić information content (AvgIpc) is 3.11. The highest BCUT2D eigenvalue weighted by molar-refractivity contribution is 7.99. The number of aliphatic hydroxyl groups excluding tert-OH is 1. The lowest BCUT2D eigenvalue weighted by atomic mass is 9.96. The SMILES string of the molecule is O=C(O)/C=C/C(=O)O.O=C(O)/C=C/C(=O)O.OCCCN1CCN(C2Cc3ccccc3Sc3ccc(Cl)cc32)CC1. The van der Waals surface area contributed by atoms with E-state index in [1.165, 1.54) is 20.9 Å². The summed E-state index contributed by atoms with van der Waals surface area (Å²) in [6.45, 7) is 5.55. The zero-order valence-corrected chi connectivity index (χ0v) is 24.2. The van der Waals surface area contributed by atoms with E-state index in [0.717, 1.165) is 50.6 Å². The van der Waals surface area contributed by atoms with Crippen molar-refractivity contribution in [3.63, 3.8) is 0 Å². The molecule has 0 amide bonds. The quantitative estimate of drug-likeness (QED) is 0.272. The number of aliphatic hydroxyl groups is 1. The molecule has 0 aliphatic carbocycles. The summed E-state index contributed by atoms with van der Waals surface area (Å²) in [6, 6.07) is 15.5. The van der Waals surface area contributed by atoms with E-state index in [1.54, 1.807) is 0 Å². The molecule has 2 aromatic rings. The number of fused-ring (bicyclic) bond motifs is 2. The molecule has 2 aliphatic heterocycles. The molecule has 1 unspecified atom stereocenters. The van der Waals surface area contributed by atoms with E-state index < -0.39 is 23.9 Å². The number of carbonyl (C=O) groups is 4. The zero-order valence-electron chi connectivity index (χ0n) is 22.6. The van der Waals surface area contributed by atoms with Crippen molar-refractivity contribution in [2.24, 2.45) is 0 Å². The van der Waals surface area contributed by atoms with Gasteiger partial charge in [-0.2, -0.15) is 0 Å². The minimum absolute atomic E-state index is 0.280. The van der Waals surface area contributed by atoms with Gasteiger partial charge in [0.2, 0.25) is 0 Å². The van der Waals surface area contributed by atoms with Crippen LogP contribution in [0.3, 0.4) is 0 Å². The molecule has 2 heterocycles. The Bertz CT molecular complexity index is 1230. The van der Waals surface area contributed by atoms with Crippen molar-refractivity contribution >= 4 is 47.2 Å². The first-order valence-electron chi connectivity index (χ1n) is 12.9. The molecule has 0 spiro atoms. The van der Waals surface area contributed by atoms with Crippen LogP contribution in [0.25, 0.3) is 0 Å². The molecule has 0 radical (unpaired) electrons. The maximum absolute atomic E-state index is 9.55. The second kappa shape index (κ2) is 18.0. The van der Waals surface area contributed by atoms with Crippen LogP contribution in [-0.2, 0) is 25.6 Å². The number of piperazine rings is 1. The largest absolute Gasteiger partial charge is 0.478 e. The summed E-state index contributed by atoms with van der Waals surface area (Å²) in [5.74, 6) is -5.03. The first-order valence-corrected chi connectivity index (χ1v) is 14.1. The highest BCUT2D eigenvalue weighted by atomic mass is 35.5. The smallest absolute Gasteiger partial charge is 0.328 e. The molecular weight excluding hydrogens is 588 g/mol. The molecule has 2 aromatic carbocycles. The summed E-state index contributed by atoms with van der Waals surface area (Å²) < 4.78 is 0. The number of carboxylic acid groups (broad SMARTS) is 4. The Morgan fingerprint density at radius 2 is 1.36 bits per heavy atom. The van der Waals surface area contributed by atoms with Crippen LogP contribution < -0.4 is 0 Å². The van der Waals surface area contributed by atoms with Gasteiger partial charge in [0.25, 0.3) is 0 Å². The van der Waals surface area contributed by atoms with Crippen LogP contribution in [0.15, 0.2) is 76.6 Å². The van der Waals surface area contributed by atoms with Gasteiger partial charge >= 0.3 is 23.9 Å². The van der Waals surface area contributed by atoms with Gasteiger partial charge in [-0.1, -0.05) is 41.6 Å². The lowest BCUT2D eigenvalue weighted by molar-refractivity contribution is -0.134.